The van der Waals surface area contributed by atoms with Gasteiger partial charge >= 0.3 is 10.2 Å². The van der Waals surface area contributed by atoms with Crippen LogP contribution in [-0.2, 0) is 10.2 Å². The van der Waals surface area contributed by atoms with Gasteiger partial charge in [0.2, 0.25) is 0 Å². The van der Waals surface area contributed by atoms with E-state index in [1.807, 2.05) is 0 Å². The molecule has 7 heteroatoms. The first-order chi connectivity index (χ1) is 6.81. The van der Waals surface area contributed by atoms with Crippen LogP contribution >= 0.6 is 0 Å². The van der Waals surface area contributed by atoms with Gasteiger partial charge in [0.25, 0.3) is 0 Å². The standard InChI is InChI=1S/C8H12FN3O2S/c1-12(2)15(13,14)11-8-4-6(9)3-7(10)5-8/h3-5,11H,10H2,1-2H3. The van der Waals surface area contributed by atoms with E-state index in [2.05, 4.69) is 4.72 Å². The minimum absolute atomic E-state index is 0.0983. The van der Waals surface area contributed by atoms with E-state index in [0.717, 1.165) is 16.4 Å². The number of nitrogens with one attached hydrogen (secondary N) is 1. The maximum atomic E-state index is 12.9. The largest absolute Gasteiger partial charge is 0.399 e. The second-order valence-electron chi connectivity index (χ2n) is 3.16. The average Bonchev–Trinajstić information content (AvgIpc) is 1.99. The Labute approximate surface area is 87.9 Å². The molecule has 0 unspecified atom stereocenters. The summed E-state index contributed by atoms with van der Waals surface area (Å²) >= 11 is 0. The normalized spacial score (nSPS) is 11.7. The van der Waals surface area contributed by atoms with Crippen molar-refractivity contribution in [2.45, 2.75) is 0 Å². The van der Waals surface area contributed by atoms with Crippen molar-refractivity contribution in [3.63, 3.8) is 0 Å². The Bertz CT molecular complexity index is 439. The first kappa shape index (κ1) is 11.7. The van der Waals surface area contributed by atoms with Gasteiger partial charge in [-0.3, -0.25) is 4.72 Å². The van der Waals surface area contributed by atoms with Gasteiger partial charge in [-0.15, -0.1) is 0 Å². The third-order valence-corrected chi connectivity index (χ3v) is 3.10. The molecule has 0 spiro atoms. The van der Waals surface area contributed by atoms with Gasteiger partial charge in [-0.1, -0.05) is 0 Å². The van der Waals surface area contributed by atoms with Crippen LogP contribution in [0.1, 0.15) is 0 Å². The van der Waals surface area contributed by atoms with E-state index in [9.17, 15) is 12.8 Å². The first-order valence-corrected chi connectivity index (χ1v) is 5.51. The van der Waals surface area contributed by atoms with E-state index < -0.39 is 16.0 Å². The van der Waals surface area contributed by atoms with Crippen molar-refractivity contribution in [1.82, 2.24) is 4.31 Å². The Hall–Kier alpha value is -1.34. The Morgan fingerprint density at radius 1 is 1.33 bits per heavy atom. The molecule has 0 aliphatic heterocycles. The number of halogens is 1. The summed E-state index contributed by atoms with van der Waals surface area (Å²) in [6.07, 6.45) is 0. The summed E-state index contributed by atoms with van der Waals surface area (Å²) < 4.78 is 38.8. The van der Waals surface area contributed by atoms with Crippen LogP contribution in [0.4, 0.5) is 15.8 Å². The second-order valence-corrected chi connectivity index (χ2v) is 5.05. The fourth-order valence-electron chi connectivity index (χ4n) is 0.911. The smallest absolute Gasteiger partial charge is 0.301 e. The number of anilines is 2. The number of benzene rings is 1. The third-order valence-electron chi connectivity index (χ3n) is 1.65. The molecule has 1 aromatic rings. The van der Waals surface area contributed by atoms with Crippen molar-refractivity contribution in [1.29, 1.82) is 0 Å². The van der Waals surface area contributed by atoms with E-state index in [0.29, 0.717) is 0 Å². The maximum Gasteiger partial charge on any atom is 0.301 e. The first-order valence-electron chi connectivity index (χ1n) is 4.07. The highest BCUT2D eigenvalue weighted by atomic mass is 32.2. The molecular formula is C8H12FN3O2S. The second kappa shape index (κ2) is 4.03. The Kier molecular flexibility index (Phi) is 3.15. The molecule has 84 valence electrons. The van der Waals surface area contributed by atoms with Crippen LogP contribution in [0.5, 0.6) is 0 Å². The molecule has 0 amide bonds. The van der Waals surface area contributed by atoms with Gasteiger partial charge in [0.05, 0.1) is 5.69 Å². The van der Waals surface area contributed by atoms with E-state index >= 15 is 0 Å². The number of nitrogens with two attached hydrogens (primary N) is 1. The number of hydrogen-bond acceptors (Lipinski definition) is 3. The quantitative estimate of drug-likeness (QED) is 0.752. The van der Waals surface area contributed by atoms with Crippen LogP contribution in [0, 0.1) is 5.82 Å². The molecule has 0 fully saturated rings. The van der Waals surface area contributed by atoms with Gasteiger partial charge in [0, 0.05) is 19.8 Å². The van der Waals surface area contributed by atoms with Crippen LogP contribution in [0.25, 0.3) is 0 Å². The van der Waals surface area contributed by atoms with Crippen LogP contribution in [-0.4, -0.2) is 26.8 Å². The lowest BCUT2D eigenvalue weighted by atomic mass is 10.3. The molecule has 1 rings (SSSR count). The predicted molar refractivity (Wildman–Crippen MR) is 57.0 cm³/mol. The SMILES string of the molecule is CN(C)S(=O)(=O)Nc1cc(N)cc(F)c1. The topological polar surface area (TPSA) is 75.4 Å². The molecule has 3 N–H and O–H groups in total. The van der Waals surface area contributed by atoms with E-state index in [4.69, 9.17) is 5.73 Å². The third kappa shape index (κ3) is 3.07. The summed E-state index contributed by atoms with van der Waals surface area (Å²) in [7, 11) is -0.892. The van der Waals surface area contributed by atoms with Gasteiger partial charge < -0.3 is 5.73 Å². The summed E-state index contributed by atoms with van der Waals surface area (Å²) in [6, 6.07) is 3.50. The predicted octanol–water partition coefficient (Wildman–Crippen LogP) is 0.626. The molecule has 0 bridgehead atoms. The van der Waals surface area contributed by atoms with Crippen LogP contribution in [0.2, 0.25) is 0 Å². The van der Waals surface area contributed by atoms with Gasteiger partial charge in [-0.05, 0) is 18.2 Å². The molecule has 0 heterocycles. The van der Waals surface area contributed by atoms with Gasteiger partial charge in [-0.25, -0.2) is 4.39 Å². The zero-order valence-electron chi connectivity index (χ0n) is 8.36. The lowest BCUT2D eigenvalue weighted by molar-refractivity contribution is 0.527. The summed E-state index contributed by atoms with van der Waals surface area (Å²) in [5.74, 6) is -0.591. The van der Waals surface area contributed by atoms with Gasteiger partial charge in [0.15, 0.2) is 0 Å². The van der Waals surface area contributed by atoms with E-state index in [1.165, 1.54) is 20.2 Å². The van der Waals surface area contributed by atoms with E-state index in [-0.39, 0.29) is 11.4 Å². The number of rotatable bonds is 3. The van der Waals surface area contributed by atoms with Crippen molar-refractivity contribution in [2.24, 2.45) is 0 Å². The van der Waals surface area contributed by atoms with E-state index in [1.54, 1.807) is 0 Å². The number of nitrogen functional groups attached to an aromatic ring is 1. The van der Waals surface area contributed by atoms with Crippen LogP contribution in [0.15, 0.2) is 18.2 Å². The summed E-state index contributed by atoms with van der Waals surface area (Å²) in [4.78, 5) is 0. The molecule has 5 nitrogen and oxygen atoms in total. The average molecular weight is 233 g/mol. The highest BCUT2D eigenvalue weighted by molar-refractivity contribution is 7.90. The van der Waals surface area contributed by atoms with Crippen LogP contribution < -0.4 is 10.5 Å². The molecule has 15 heavy (non-hydrogen) atoms. The van der Waals surface area contributed by atoms with Crippen molar-refractivity contribution < 1.29 is 12.8 Å². The minimum atomic E-state index is -3.62. The van der Waals surface area contributed by atoms with Gasteiger partial charge in [-0.2, -0.15) is 12.7 Å². The molecule has 0 radical (unpaired) electrons. The van der Waals surface area contributed by atoms with Crippen molar-refractivity contribution in [2.75, 3.05) is 24.6 Å². The van der Waals surface area contributed by atoms with Gasteiger partial charge in [0.1, 0.15) is 5.82 Å². The molecule has 0 saturated heterocycles. The Morgan fingerprint density at radius 3 is 2.40 bits per heavy atom. The molecule has 0 atom stereocenters. The molecule has 0 aliphatic rings. The minimum Gasteiger partial charge on any atom is -0.399 e. The molecular weight excluding hydrogens is 221 g/mol. The fourth-order valence-corrected chi connectivity index (χ4v) is 1.51. The lowest BCUT2D eigenvalue weighted by Gasteiger charge is -2.13. The number of hydrogen-bond donors (Lipinski definition) is 2. The molecule has 0 aromatic heterocycles. The Morgan fingerprint density at radius 2 is 1.93 bits per heavy atom. The van der Waals surface area contributed by atoms with Crippen LogP contribution in [0.3, 0.4) is 0 Å². The summed E-state index contributed by atoms with van der Waals surface area (Å²) in [5.41, 5.74) is 5.62. The molecule has 0 aliphatic carbocycles. The Balaban J connectivity index is 3.00. The fraction of sp³-hybridized carbons (Fsp3) is 0.250. The molecule has 1 aromatic carbocycles. The van der Waals surface area contributed by atoms with Crippen molar-refractivity contribution in [3.05, 3.63) is 24.0 Å². The zero-order valence-corrected chi connectivity index (χ0v) is 9.18. The zero-order chi connectivity index (χ0) is 11.6. The lowest BCUT2D eigenvalue weighted by Crippen LogP contribution is -2.28. The maximum absolute atomic E-state index is 12.9. The van der Waals surface area contributed by atoms with Crippen molar-refractivity contribution in [3.8, 4) is 0 Å². The highest BCUT2D eigenvalue weighted by Gasteiger charge is 2.13. The summed E-state index contributed by atoms with van der Waals surface area (Å²) in [5, 5.41) is 0. The highest BCUT2D eigenvalue weighted by Crippen LogP contribution is 2.16. The number of nitrogens with zero attached hydrogens (tertiary/aromatic N) is 1. The monoisotopic (exact) mass is 233 g/mol. The van der Waals surface area contributed by atoms with Crippen molar-refractivity contribution >= 4 is 21.6 Å². The summed E-state index contributed by atoms with van der Waals surface area (Å²) in [6.45, 7) is 0. The molecule has 0 saturated carbocycles.